The number of rotatable bonds is 5. The molecule has 0 saturated carbocycles. The number of anilines is 1. The van der Waals surface area contributed by atoms with Crippen LogP contribution in [0.15, 0.2) is 36.9 Å². The Morgan fingerprint density at radius 2 is 2.29 bits per heavy atom. The molecule has 0 bridgehead atoms. The van der Waals surface area contributed by atoms with Crippen molar-refractivity contribution in [3.05, 3.63) is 47.8 Å². The van der Waals surface area contributed by atoms with Crippen LogP contribution in [0, 0.1) is 5.82 Å². The Hall–Kier alpha value is -1.55. The third kappa shape index (κ3) is 3.46. The number of nitrogens with zero attached hydrogens (tertiary/aromatic N) is 2. The Labute approximate surface area is 104 Å². The molecule has 1 aromatic heterocycles. The molecule has 0 unspecified atom stereocenters. The highest BCUT2D eigenvalue weighted by molar-refractivity contribution is 6.30. The molecule has 0 spiro atoms. The van der Waals surface area contributed by atoms with Gasteiger partial charge in [-0.2, -0.15) is 0 Å². The number of imidazole rings is 1. The first-order chi connectivity index (χ1) is 8.25. The van der Waals surface area contributed by atoms with Gasteiger partial charge in [0.15, 0.2) is 0 Å². The van der Waals surface area contributed by atoms with Gasteiger partial charge in [-0.3, -0.25) is 0 Å². The molecular formula is C12H13ClFN3. The predicted molar refractivity (Wildman–Crippen MR) is 66.7 cm³/mol. The minimum absolute atomic E-state index is 0.319. The topological polar surface area (TPSA) is 29.9 Å². The van der Waals surface area contributed by atoms with Gasteiger partial charge < -0.3 is 9.88 Å². The fourth-order valence-electron chi connectivity index (χ4n) is 1.54. The van der Waals surface area contributed by atoms with Crippen LogP contribution in [0.25, 0.3) is 0 Å². The molecule has 0 radical (unpaired) electrons. The molecule has 0 aliphatic carbocycles. The Kier molecular flexibility index (Phi) is 3.98. The summed E-state index contributed by atoms with van der Waals surface area (Å²) in [5, 5.41) is 3.44. The second-order valence-corrected chi connectivity index (χ2v) is 4.14. The van der Waals surface area contributed by atoms with Crippen LogP contribution in [0.3, 0.4) is 0 Å². The van der Waals surface area contributed by atoms with Crippen LogP contribution in [0.1, 0.15) is 6.42 Å². The SMILES string of the molecule is Fc1cc(Cl)ccc1NCCCn1ccnc1. The zero-order valence-electron chi connectivity index (χ0n) is 9.24. The summed E-state index contributed by atoms with van der Waals surface area (Å²) < 4.78 is 15.4. The number of aryl methyl sites for hydroxylation is 1. The van der Waals surface area contributed by atoms with E-state index in [4.69, 9.17) is 11.6 Å². The molecule has 1 heterocycles. The average molecular weight is 254 g/mol. The fraction of sp³-hybridized carbons (Fsp3) is 0.250. The summed E-state index contributed by atoms with van der Waals surface area (Å²) >= 11 is 5.67. The van der Waals surface area contributed by atoms with Gasteiger partial charge in [0, 0.05) is 30.5 Å². The summed E-state index contributed by atoms with van der Waals surface area (Å²) in [5.74, 6) is -0.319. The maximum atomic E-state index is 13.4. The van der Waals surface area contributed by atoms with E-state index in [2.05, 4.69) is 10.3 Å². The number of hydrogen-bond acceptors (Lipinski definition) is 2. The van der Waals surface area contributed by atoms with Crippen molar-refractivity contribution in [2.75, 3.05) is 11.9 Å². The molecule has 0 saturated heterocycles. The lowest BCUT2D eigenvalue weighted by Gasteiger charge is -2.08. The van der Waals surface area contributed by atoms with Crippen LogP contribution in [0.5, 0.6) is 0 Å². The van der Waals surface area contributed by atoms with E-state index in [0.717, 1.165) is 13.0 Å². The average Bonchev–Trinajstić information content (AvgIpc) is 2.79. The van der Waals surface area contributed by atoms with Crippen molar-refractivity contribution < 1.29 is 4.39 Å². The van der Waals surface area contributed by atoms with Crippen molar-refractivity contribution >= 4 is 17.3 Å². The van der Waals surface area contributed by atoms with Crippen LogP contribution < -0.4 is 5.32 Å². The minimum Gasteiger partial charge on any atom is -0.383 e. The number of benzene rings is 1. The normalized spacial score (nSPS) is 10.5. The second-order valence-electron chi connectivity index (χ2n) is 3.71. The highest BCUT2D eigenvalue weighted by Crippen LogP contribution is 2.18. The van der Waals surface area contributed by atoms with Crippen LogP contribution >= 0.6 is 11.6 Å². The molecule has 1 N–H and O–H groups in total. The van der Waals surface area contributed by atoms with E-state index < -0.39 is 0 Å². The molecule has 0 aliphatic heterocycles. The largest absolute Gasteiger partial charge is 0.383 e. The summed E-state index contributed by atoms with van der Waals surface area (Å²) in [4.78, 5) is 3.95. The van der Waals surface area contributed by atoms with Gasteiger partial charge >= 0.3 is 0 Å². The van der Waals surface area contributed by atoms with Gasteiger partial charge in [-0.25, -0.2) is 9.37 Å². The van der Waals surface area contributed by atoms with E-state index in [9.17, 15) is 4.39 Å². The van der Waals surface area contributed by atoms with Crippen molar-refractivity contribution in [1.29, 1.82) is 0 Å². The highest BCUT2D eigenvalue weighted by atomic mass is 35.5. The van der Waals surface area contributed by atoms with E-state index in [1.165, 1.54) is 6.07 Å². The standard InChI is InChI=1S/C12H13ClFN3/c13-10-2-3-12(11(14)8-10)16-4-1-6-17-7-5-15-9-17/h2-3,5,7-9,16H,1,4,6H2. The maximum Gasteiger partial charge on any atom is 0.147 e. The molecule has 3 nitrogen and oxygen atoms in total. The van der Waals surface area contributed by atoms with Gasteiger partial charge in [-0.1, -0.05) is 11.6 Å². The van der Waals surface area contributed by atoms with Gasteiger partial charge in [-0.05, 0) is 24.6 Å². The fourth-order valence-corrected chi connectivity index (χ4v) is 1.70. The molecule has 0 amide bonds. The molecular weight excluding hydrogens is 241 g/mol. The maximum absolute atomic E-state index is 13.4. The van der Waals surface area contributed by atoms with E-state index >= 15 is 0 Å². The van der Waals surface area contributed by atoms with Crippen LogP contribution in [-0.2, 0) is 6.54 Å². The molecule has 2 rings (SSSR count). The molecule has 5 heteroatoms. The molecule has 90 valence electrons. The van der Waals surface area contributed by atoms with E-state index in [0.29, 0.717) is 17.3 Å². The Morgan fingerprint density at radius 1 is 1.41 bits per heavy atom. The Balaban J connectivity index is 1.78. The first-order valence-electron chi connectivity index (χ1n) is 5.40. The monoisotopic (exact) mass is 253 g/mol. The van der Waals surface area contributed by atoms with Crippen molar-refractivity contribution in [3.8, 4) is 0 Å². The summed E-state index contributed by atoms with van der Waals surface area (Å²) in [7, 11) is 0. The smallest absolute Gasteiger partial charge is 0.147 e. The van der Waals surface area contributed by atoms with Crippen LogP contribution in [-0.4, -0.2) is 16.1 Å². The van der Waals surface area contributed by atoms with E-state index in [1.54, 1.807) is 24.7 Å². The number of hydrogen-bond donors (Lipinski definition) is 1. The Morgan fingerprint density at radius 3 is 3.00 bits per heavy atom. The second kappa shape index (κ2) is 5.68. The first kappa shape index (κ1) is 11.9. The van der Waals surface area contributed by atoms with Gasteiger partial charge in [0.2, 0.25) is 0 Å². The minimum atomic E-state index is -0.319. The third-order valence-corrected chi connectivity index (χ3v) is 2.63. The van der Waals surface area contributed by atoms with Crippen LogP contribution in [0.2, 0.25) is 5.02 Å². The molecule has 0 atom stereocenters. The number of halogens is 2. The zero-order chi connectivity index (χ0) is 12.1. The van der Waals surface area contributed by atoms with Crippen molar-refractivity contribution in [1.82, 2.24) is 9.55 Å². The lowest BCUT2D eigenvalue weighted by Crippen LogP contribution is -2.06. The quantitative estimate of drug-likeness (QED) is 0.830. The third-order valence-electron chi connectivity index (χ3n) is 2.40. The molecule has 2 aromatic rings. The molecule has 17 heavy (non-hydrogen) atoms. The summed E-state index contributed by atoms with van der Waals surface area (Å²) in [6, 6.07) is 4.62. The van der Waals surface area contributed by atoms with Gasteiger partial charge in [0.1, 0.15) is 5.82 Å². The predicted octanol–water partition coefficient (Wildman–Crippen LogP) is 3.18. The lowest BCUT2D eigenvalue weighted by molar-refractivity contribution is 0.625. The van der Waals surface area contributed by atoms with Crippen LogP contribution in [0.4, 0.5) is 10.1 Å². The van der Waals surface area contributed by atoms with Crippen molar-refractivity contribution in [3.63, 3.8) is 0 Å². The van der Waals surface area contributed by atoms with Gasteiger partial charge in [-0.15, -0.1) is 0 Å². The number of aromatic nitrogens is 2. The van der Waals surface area contributed by atoms with Crippen molar-refractivity contribution in [2.45, 2.75) is 13.0 Å². The van der Waals surface area contributed by atoms with Gasteiger partial charge in [0.25, 0.3) is 0 Å². The highest BCUT2D eigenvalue weighted by Gasteiger charge is 2.01. The Bertz CT molecular complexity index is 471. The van der Waals surface area contributed by atoms with E-state index in [1.807, 2.05) is 10.8 Å². The number of nitrogens with one attached hydrogen (secondary N) is 1. The van der Waals surface area contributed by atoms with Gasteiger partial charge in [0.05, 0.1) is 12.0 Å². The van der Waals surface area contributed by atoms with E-state index in [-0.39, 0.29) is 5.82 Å². The molecule has 0 aliphatic rings. The zero-order valence-corrected chi connectivity index (χ0v) is 9.99. The first-order valence-corrected chi connectivity index (χ1v) is 5.78. The summed E-state index contributed by atoms with van der Waals surface area (Å²) in [5.41, 5.74) is 0.486. The summed E-state index contributed by atoms with van der Waals surface area (Å²) in [6.07, 6.45) is 6.32. The lowest BCUT2D eigenvalue weighted by atomic mass is 10.3. The van der Waals surface area contributed by atoms with Crippen molar-refractivity contribution in [2.24, 2.45) is 0 Å². The molecule has 1 aromatic carbocycles. The molecule has 0 fully saturated rings. The summed E-state index contributed by atoms with van der Waals surface area (Å²) in [6.45, 7) is 1.57.